The van der Waals surface area contributed by atoms with Crippen LogP contribution in [0.1, 0.15) is 27.7 Å². The summed E-state index contributed by atoms with van der Waals surface area (Å²) in [6.45, 7) is 8.97. The normalized spacial score (nSPS) is 11.1. The van der Waals surface area contributed by atoms with Gasteiger partial charge in [-0.3, -0.25) is 4.79 Å². The van der Waals surface area contributed by atoms with Crippen LogP contribution in [-0.4, -0.2) is 38.1 Å². The first-order valence-electron chi connectivity index (χ1n) is 4.56. The van der Waals surface area contributed by atoms with Gasteiger partial charge in [0.2, 0.25) is 0 Å². The fourth-order valence-corrected chi connectivity index (χ4v) is 2.60. The second kappa shape index (κ2) is 5.56. The van der Waals surface area contributed by atoms with Gasteiger partial charge in [-0.15, -0.1) is 0 Å². The molecule has 0 rings (SSSR count). The van der Waals surface area contributed by atoms with E-state index in [0.29, 0.717) is 4.32 Å². The van der Waals surface area contributed by atoms with Crippen molar-refractivity contribution in [1.29, 1.82) is 0 Å². The van der Waals surface area contributed by atoms with Gasteiger partial charge in [-0.2, -0.15) is 0 Å². The number of nitrogens with zero attached hydrogens (tertiary/aromatic N) is 1. The Morgan fingerprint density at radius 1 is 1.43 bits per heavy atom. The van der Waals surface area contributed by atoms with Crippen molar-refractivity contribution in [3.63, 3.8) is 0 Å². The van der Waals surface area contributed by atoms with E-state index in [-0.39, 0.29) is 0 Å². The Kier molecular flexibility index (Phi) is 5.44. The molecule has 0 heterocycles. The molecule has 82 valence electrons. The zero-order valence-corrected chi connectivity index (χ0v) is 10.7. The number of aliphatic carboxylic acids is 1. The SMILES string of the molecule is CCN(CC)C(=S)SC(C)(C)C(=O)O. The molecular formula is C9H17NO2S2. The number of carboxylic acids is 1. The van der Waals surface area contributed by atoms with E-state index >= 15 is 0 Å². The van der Waals surface area contributed by atoms with Gasteiger partial charge < -0.3 is 10.0 Å². The van der Waals surface area contributed by atoms with Gasteiger partial charge in [-0.1, -0.05) is 24.0 Å². The van der Waals surface area contributed by atoms with Crippen LogP contribution in [0.5, 0.6) is 0 Å². The van der Waals surface area contributed by atoms with Crippen molar-refractivity contribution in [3.05, 3.63) is 0 Å². The number of carboxylic acid groups (broad SMARTS) is 1. The Labute approximate surface area is 94.9 Å². The fourth-order valence-electron chi connectivity index (χ4n) is 0.808. The quantitative estimate of drug-likeness (QED) is 0.757. The number of hydrogen-bond donors (Lipinski definition) is 1. The van der Waals surface area contributed by atoms with E-state index in [1.165, 1.54) is 11.8 Å². The summed E-state index contributed by atoms with van der Waals surface area (Å²) in [6.07, 6.45) is 0. The van der Waals surface area contributed by atoms with E-state index in [1.54, 1.807) is 13.8 Å². The molecule has 0 spiro atoms. The predicted octanol–water partition coefficient (Wildman–Crippen LogP) is 2.21. The summed E-state index contributed by atoms with van der Waals surface area (Å²) in [5.74, 6) is -0.836. The lowest BCUT2D eigenvalue weighted by molar-refractivity contribution is -0.138. The summed E-state index contributed by atoms with van der Waals surface area (Å²) >= 11 is 6.39. The van der Waals surface area contributed by atoms with Crippen LogP contribution in [0.15, 0.2) is 0 Å². The molecule has 0 aromatic heterocycles. The molecule has 0 amide bonds. The van der Waals surface area contributed by atoms with Crippen molar-refractivity contribution in [2.24, 2.45) is 0 Å². The van der Waals surface area contributed by atoms with E-state index in [9.17, 15) is 4.79 Å². The fraction of sp³-hybridized carbons (Fsp3) is 0.778. The van der Waals surface area contributed by atoms with E-state index < -0.39 is 10.7 Å². The van der Waals surface area contributed by atoms with Crippen molar-refractivity contribution in [2.45, 2.75) is 32.4 Å². The van der Waals surface area contributed by atoms with Gasteiger partial charge >= 0.3 is 5.97 Å². The molecule has 14 heavy (non-hydrogen) atoms. The van der Waals surface area contributed by atoms with Crippen LogP contribution in [-0.2, 0) is 4.79 Å². The molecule has 0 saturated carbocycles. The maximum atomic E-state index is 10.9. The van der Waals surface area contributed by atoms with Crippen LogP contribution in [0.3, 0.4) is 0 Å². The Morgan fingerprint density at radius 2 is 1.86 bits per heavy atom. The summed E-state index contributed by atoms with van der Waals surface area (Å²) in [5, 5.41) is 8.92. The average molecular weight is 235 g/mol. The first kappa shape index (κ1) is 13.7. The molecule has 0 aliphatic carbocycles. The smallest absolute Gasteiger partial charge is 0.319 e. The number of thiocarbonyl (C=S) groups is 1. The molecule has 0 unspecified atom stereocenters. The maximum absolute atomic E-state index is 10.9. The third-order valence-corrected chi connectivity index (χ3v) is 3.51. The molecule has 0 aliphatic heterocycles. The molecule has 3 nitrogen and oxygen atoms in total. The van der Waals surface area contributed by atoms with Crippen molar-refractivity contribution < 1.29 is 9.90 Å². The van der Waals surface area contributed by atoms with Crippen LogP contribution in [0.25, 0.3) is 0 Å². The molecular weight excluding hydrogens is 218 g/mol. The van der Waals surface area contributed by atoms with Crippen LogP contribution in [0.2, 0.25) is 0 Å². The summed E-state index contributed by atoms with van der Waals surface area (Å²) in [6, 6.07) is 0. The molecule has 1 N–H and O–H groups in total. The number of hydrogen-bond acceptors (Lipinski definition) is 3. The van der Waals surface area contributed by atoms with Crippen molar-refractivity contribution in [1.82, 2.24) is 4.90 Å². The van der Waals surface area contributed by atoms with Gasteiger partial charge in [0.05, 0.1) is 0 Å². The summed E-state index contributed by atoms with van der Waals surface area (Å²) in [4.78, 5) is 12.8. The van der Waals surface area contributed by atoms with E-state index in [4.69, 9.17) is 17.3 Å². The first-order valence-corrected chi connectivity index (χ1v) is 5.79. The Balaban J connectivity index is 4.38. The maximum Gasteiger partial charge on any atom is 0.319 e. The molecule has 0 saturated heterocycles. The minimum atomic E-state index is -0.848. The predicted molar refractivity (Wildman–Crippen MR) is 64.8 cm³/mol. The largest absolute Gasteiger partial charge is 0.480 e. The molecule has 0 radical (unpaired) electrons. The van der Waals surface area contributed by atoms with E-state index in [2.05, 4.69) is 0 Å². The van der Waals surface area contributed by atoms with Crippen molar-refractivity contribution in [3.8, 4) is 0 Å². The highest BCUT2D eigenvalue weighted by Gasteiger charge is 2.30. The summed E-state index contributed by atoms with van der Waals surface area (Å²) in [5.41, 5.74) is 0. The van der Waals surface area contributed by atoms with Gasteiger partial charge in [0.25, 0.3) is 0 Å². The Bertz CT molecular complexity index is 225. The zero-order valence-electron chi connectivity index (χ0n) is 9.03. The van der Waals surface area contributed by atoms with Crippen LogP contribution >= 0.6 is 24.0 Å². The highest BCUT2D eigenvalue weighted by Crippen LogP contribution is 2.27. The molecule has 0 atom stereocenters. The molecule has 0 bridgehead atoms. The van der Waals surface area contributed by atoms with Crippen LogP contribution in [0.4, 0.5) is 0 Å². The summed E-state index contributed by atoms with van der Waals surface area (Å²) < 4.78 is -0.193. The second-order valence-electron chi connectivity index (χ2n) is 3.36. The Hall–Kier alpha value is -0.290. The van der Waals surface area contributed by atoms with E-state index in [1.807, 2.05) is 18.7 Å². The molecule has 0 aromatic rings. The minimum absolute atomic E-state index is 0.655. The molecule has 0 aliphatic rings. The second-order valence-corrected chi connectivity index (χ2v) is 5.61. The first-order chi connectivity index (χ1) is 6.35. The van der Waals surface area contributed by atoms with E-state index in [0.717, 1.165) is 13.1 Å². The van der Waals surface area contributed by atoms with Gasteiger partial charge in [0.1, 0.15) is 9.07 Å². The van der Waals surface area contributed by atoms with Gasteiger partial charge in [0, 0.05) is 13.1 Å². The van der Waals surface area contributed by atoms with Gasteiger partial charge in [0.15, 0.2) is 0 Å². The highest BCUT2D eigenvalue weighted by molar-refractivity contribution is 8.24. The summed E-state index contributed by atoms with van der Waals surface area (Å²) in [7, 11) is 0. The number of rotatable bonds is 4. The van der Waals surface area contributed by atoms with Crippen molar-refractivity contribution >= 4 is 34.3 Å². The average Bonchev–Trinajstić information content (AvgIpc) is 2.05. The highest BCUT2D eigenvalue weighted by atomic mass is 32.2. The number of carbonyl (C=O) groups is 1. The number of thioether (sulfide) groups is 1. The topological polar surface area (TPSA) is 40.5 Å². The third-order valence-electron chi connectivity index (χ3n) is 1.88. The van der Waals surface area contributed by atoms with Gasteiger partial charge in [-0.25, -0.2) is 0 Å². The monoisotopic (exact) mass is 235 g/mol. The minimum Gasteiger partial charge on any atom is -0.480 e. The van der Waals surface area contributed by atoms with Crippen LogP contribution < -0.4 is 0 Å². The Morgan fingerprint density at radius 3 is 2.14 bits per heavy atom. The van der Waals surface area contributed by atoms with Crippen LogP contribution in [0, 0.1) is 0 Å². The van der Waals surface area contributed by atoms with Gasteiger partial charge in [-0.05, 0) is 27.7 Å². The molecule has 5 heteroatoms. The standard InChI is InChI=1S/C9H17NO2S2/c1-5-10(6-2)8(13)14-9(3,4)7(11)12/h5-6H2,1-4H3,(H,11,12). The lowest BCUT2D eigenvalue weighted by atomic mass is 10.2. The lowest BCUT2D eigenvalue weighted by Gasteiger charge is -2.26. The molecule has 0 aromatic carbocycles. The lowest BCUT2D eigenvalue weighted by Crippen LogP contribution is -2.34. The zero-order chi connectivity index (χ0) is 11.4. The third kappa shape index (κ3) is 3.84. The van der Waals surface area contributed by atoms with Crippen molar-refractivity contribution in [2.75, 3.05) is 13.1 Å². The molecule has 0 fully saturated rings.